The number of rotatable bonds is 3. The molecule has 0 fully saturated rings. The van der Waals surface area contributed by atoms with Crippen LogP contribution in [-0.4, -0.2) is 0 Å². The molecular weight excluding hydrogens is 269 g/mol. The molecule has 0 heterocycles. The molecule has 18 heavy (non-hydrogen) atoms. The first-order valence-electron chi connectivity index (χ1n) is 5.50. The normalized spacial score (nSPS) is 10.6. The van der Waals surface area contributed by atoms with E-state index in [1.165, 1.54) is 11.8 Å². The molecule has 0 aliphatic rings. The Balaban J connectivity index is 2.14. The molecule has 0 aliphatic heterocycles. The van der Waals surface area contributed by atoms with Gasteiger partial charge in [0.2, 0.25) is 0 Å². The van der Waals surface area contributed by atoms with E-state index in [2.05, 4.69) is 0 Å². The Bertz CT molecular complexity index is 572. The summed E-state index contributed by atoms with van der Waals surface area (Å²) in [6, 6.07) is 10.9. The van der Waals surface area contributed by atoms with E-state index < -0.39 is 0 Å². The number of aryl methyl sites for hydroxylation is 1. The van der Waals surface area contributed by atoms with Crippen molar-refractivity contribution in [3.63, 3.8) is 0 Å². The average molecular weight is 282 g/mol. The summed E-state index contributed by atoms with van der Waals surface area (Å²) in [4.78, 5) is 0.958. The number of nitrogen functional groups attached to an aromatic ring is 1. The van der Waals surface area contributed by atoms with Gasteiger partial charge in [-0.15, -0.1) is 11.8 Å². The van der Waals surface area contributed by atoms with E-state index in [9.17, 15) is 4.39 Å². The lowest BCUT2D eigenvalue weighted by atomic mass is 10.2. The molecule has 0 amide bonds. The molecule has 0 atom stereocenters. The number of thioether (sulfide) groups is 1. The first kappa shape index (κ1) is 13.2. The van der Waals surface area contributed by atoms with Gasteiger partial charge in [-0.1, -0.05) is 29.8 Å². The van der Waals surface area contributed by atoms with E-state index in [1.807, 2.05) is 25.1 Å². The third-order valence-electron chi connectivity index (χ3n) is 2.58. The van der Waals surface area contributed by atoms with Crippen LogP contribution in [-0.2, 0) is 5.75 Å². The van der Waals surface area contributed by atoms with Crippen molar-refractivity contribution in [1.82, 2.24) is 0 Å². The zero-order valence-electron chi connectivity index (χ0n) is 9.91. The first-order chi connectivity index (χ1) is 8.58. The Morgan fingerprint density at radius 2 is 2.06 bits per heavy atom. The molecule has 2 rings (SSSR count). The highest BCUT2D eigenvalue weighted by Crippen LogP contribution is 2.30. The minimum absolute atomic E-state index is 0.157. The van der Waals surface area contributed by atoms with Crippen LogP contribution in [0.4, 0.5) is 10.1 Å². The van der Waals surface area contributed by atoms with E-state index in [0.29, 0.717) is 11.3 Å². The highest BCUT2D eigenvalue weighted by Gasteiger charge is 2.07. The summed E-state index contributed by atoms with van der Waals surface area (Å²) in [5, 5.41) is 0.157. The second-order valence-corrected chi connectivity index (χ2v) is 5.47. The van der Waals surface area contributed by atoms with Crippen molar-refractivity contribution in [3.8, 4) is 0 Å². The lowest BCUT2D eigenvalue weighted by molar-refractivity contribution is 0.618. The Morgan fingerprint density at radius 1 is 1.28 bits per heavy atom. The Labute approximate surface area is 115 Å². The monoisotopic (exact) mass is 281 g/mol. The number of anilines is 1. The summed E-state index contributed by atoms with van der Waals surface area (Å²) in [7, 11) is 0. The van der Waals surface area contributed by atoms with Gasteiger partial charge in [-0.3, -0.25) is 0 Å². The molecule has 2 N–H and O–H groups in total. The van der Waals surface area contributed by atoms with Gasteiger partial charge in [-0.05, 0) is 36.2 Å². The molecule has 0 aromatic heterocycles. The third-order valence-corrected chi connectivity index (χ3v) is 4.01. The molecule has 1 nitrogen and oxygen atoms in total. The molecule has 2 aromatic carbocycles. The lowest BCUT2D eigenvalue weighted by Gasteiger charge is -2.07. The highest BCUT2D eigenvalue weighted by atomic mass is 35.5. The van der Waals surface area contributed by atoms with Gasteiger partial charge in [0.05, 0.1) is 5.02 Å². The number of hydrogen-bond donors (Lipinski definition) is 1. The lowest BCUT2D eigenvalue weighted by Crippen LogP contribution is -1.92. The van der Waals surface area contributed by atoms with E-state index in [4.69, 9.17) is 17.3 Å². The van der Waals surface area contributed by atoms with Crippen molar-refractivity contribution in [2.45, 2.75) is 17.6 Å². The van der Waals surface area contributed by atoms with E-state index in [-0.39, 0.29) is 10.8 Å². The summed E-state index contributed by atoms with van der Waals surface area (Å²) >= 11 is 7.25. The summed E-state index contributed by atoms with van der Waals surface area (Å²) in [5.74, 6) is 0.164. The van der Waals surface area contributed by atoms with Crippen LogP contribution < -0.4 is 5.73 Å². The zero-order valence-corrected chi connectivity index (χ0v) is 11.5. The van der Waals surface area contributed by atoms with Crippen LogP contribution >= 0.6 is 23.4 Å². The fourth-order valence-corrected chi connectivity index (χ4v) is 2.73. The minimum atomic E-state index is -0.350. The van der Waals surface area contributed by atoms with Crippen molar-refractivity contribution in [2.24, 2.45) is 0 Å². The van der Waals surface area contributed by atoms with Crippen LogP contribution in [0.5, 0.6) is 0 Å². The first-order valence-corrected chi connectivity index (χ1v) is 6.86. The van der Waals surface area contributed by atoms with Gasteiger partial charge in [0, 0.05) is 16.3 Å². The van der Waals surface area contributed by atoms with Crippen LogP contribution in [0, 0.1) is 12.7 Å². The molecule has 0 aliphatic carbocycles. The predicted octanol–water partition coefficient (Wildman–Crippen LogP) is 4.66. The van der Waals surface area contributed by atoms with Crippen LogP contribution in [0.15, 0.2) is 41.3 Å². The standard InChI is InChI=1S/C14H13ClFNS/c1-9-5-6-13(12(17)7-9)18-8-10-3-2-4-11(15)14(10)16/h2-7H,8,17H2,1H3. The van der Waals surface area contributed by atoms with Crippen molar-refractivity contribution in [2.75, 3.05) is 5.73 Å². The third kappa shape index (κ3) is 2.98. The molecule has 0 radical (unpaired) electrons. The van der Waals surface area contributed by atoms with Crippen molar-refractivity contribution in [3.05, 3.63) is 58.4 Å². The van der Waals surface area contributed by atoms with Crippen molar-refractivity contribution in [1.29, 1.82) is 0 Å². The van der Waals surface area contributed by atoms with Gasteiger partial charge in [-0.2, -0.15) is 0 Å². The van der Waals surface area contributed by atoms with Gasteiger partial charge in [0.25, 0.3) is 0 Å². The molecular formula is C14H13ClFNS. The quantitative estimate of drug-likeness (QED) is 0.654. The Morgan fingerprint density at radius 3 is 2.78 bits per heavy atom. The minimum Gasteiger partial charge on any atom is -0.398 e. The maximum absolute atomic E-state index is 13.7. The van der Waals surface area contributed by atoms with E-state index >= 15 is 0 Å². The summed E-state index contributed by atoms with van der Waals surface area (Å²) in [5.41, 5.74) is 8.34. The van der Waals surface area contributed by atoms with Crippen molar-refractivity contribution >= 4 is 29.1 Å². The summed E-state index contributed by atoms with van der Waals surface area (Å²) < 4.78 is 13.7. The number of hydrogen-bond acceptors (Lipinski definition) is 2. The van der Waals surface area contributed by atoms with Gasteiger partial charge in [-0.25, -0.2) is 4.39 Å². The highest BCUT2D eigenvalue weighted by molar-refractivity contribution is 7.98. The SMILES string of the molecule is Cc1ccc(SCc2cccc(Cl)c2F)c(N)c1. The molecule has 94 valence electrons. The van der Waals surface area contributed by atoms with Gasteiger partial charge < -0.3 is 5.73 Å². The molecule has 0 unspecified atom stereocenters. The average Bonchev–Trinajstić information content (AvgIpc) is 2.33. The van der Waals surface area contributed by atoms with Gasteiger partial charge >= 0.3 is 0 Å². The molecule has 0 bridgehead atoms. The smallest absolute Gasteiger partial charge is 0.145 e. The van der Waals surface area contributed by atoms with E-state index in [1.54, 1.807) is 18.2 Å². The molecule has 2 aromatic rings. The number of benzene rings is 2. The fourth-order valence-electron chi connectivity index (χ4n) is 1.61. The Hall–Kier alpha value is -1.19. The summed E-state index contributed by atoms with van der Waals surface area (Å²) in [6.45, 7) is 1.99. The van der Waals surface area contributed by atoms with E-state index in [0.717, 1.165) is 16.1 Å². The fraction of sp³-hybridized carbons (Fsp3) is 0.143. The topological polar surface area (TPSA) is 26.0 Å². The summed E-state index contributed by atoms with van der Waals surface area (Å²) in [6.07, 6.45) is 0. The largest absolute Gasteiger partial charge is 0.398 e. The zero-order chi connectivity index (χ0) is 13.1. The second kappa shape index (κ2) is 5.63. The molecule has 4 heteroatoms. The van der Waals surface area contributed by atoms with Crippen LogP contribution in [0.3, 0.4) is 0 Å². The molecule has 0 spiro atoms. The van der Waals surface area contributed by atoms with Gasteiger partial charge in [0.15, 0.2) is 0 Å². The number of nitrogens with two attached hydrogens (primary N) is 1. The Kier molecular flexibility index (Phi) is 4.15. The van der Waals surface area contributed by atoms with Crippen LogP contribution in [0.2, 0.25) is 5.02 Å². The van der Waals surface area contributed by atoms with Gasteiger partial charge in [0.1, 0.15) is 5.82 Å². The number of halogens is 2. The maximum atomic E-state index is 13.7. The second-order valence-electron chi connectivity index (χ2n) is 4.04. The molecule has 0 saturated carbocycles. The predicted molar refractivity (Wildman–Crippen MR) is 76.6 cm³/mol. The maximum Gasteiger partial charge on any atom is 0.145 e. The van der Waals surface area contributed by atoms with Crippen molar-refractivity contribution < 1.29 is 4.39 Å². The van der Waals surface area contributed by atoms with Crippen LogP contribution in [0.1, 0.15) is 11.1 Å². The van der Waals surface area contributed by atoms with Crippen LogP contribution in [0.25, 0.3) is 0 Å². The molecule has 0 saturated heterocycles.